The standard InChI is InChI=1S/C25H27N3O3/c1-17-4-2-3-5-20(17)23(29)27-14-12-26(13-15-27)19-8-9-21-22(16-19)25(31)28(24(21)30)11-10-18-6-7-18/h2-5,8-9,16,18H,6-7,10-15H2,1H3. The average molecular weight is 418 g/mol. The van der Waals surface area contributed by atoms with Crippen molar-refractivity contribution >= 4 is 23.4 Å². The Kier molecular flexibility index (Phi) is 5.00. The van der Waals surface area contributed by atoms with Crippen molar-refractivity contribution in [3.05, 3.63) is 64.7 Å². The molecule has 2 aliphatic heterocycles. The number of nitrogens with zero attached hydrogens (tertiary/aromatic N) is 3. The molecule has 2 fully saturated rings. The van der Waals surface area contributed by atoms with Crippen LogP contribution in [-0.2, 0) is 0 Å². The summed E-state index contributed by atoms with van der Waals surface area (Å²) in [5.74, 6) is 0.411. The van der Waals surface area contributed by atoms with Crippen molar-refractivity contribution in [1.29, 1.82) is 0 Å². The smallest absolute Gasteiger partial charge is 0.261 e. The maximum atomic E-state index is 12.9. The number of carbonyl (C=O) groups excluding carboxylic acids is 3. The summed E-state index contributed by atoms with van der Waals surface area (Å²) in [4.78, 5) is 43.8. The fourth-order valence-electron chi connectivity index (χ4n) is 4.55. The van der Waals surface area contributed by atoms with Gasteiger partial charge in [0.05, 0.1) is 11.1 Å². The van der Waals surface area contributed by atoms with Gasteiger partial charge in [0.2, 0.25) is 0 Å². The predicted molar refractivity (Wildman–Crippen MR) is 118 cm³/mol. The fraction of sp³-hybridized carbons (Fsp3) is 0.400. The summed E-state index contributed by atoms with van der Waals surface area (Å²) in [6, 6.07) is 13.2. The Hall–Kier alpha value is -3.15. The minimum absolute atomic E-state index is 0.0683. The first-order valence-electron chi connectivity index (χ1n) is 11.1. The number of anilines is 1. The normalized spacial score (nSPS) is 18.5. The number of hydrogen-bond acceptors (Lipinski definition) is 4. The van der Waals surface area contributed by atoms with Crippen LogP contribution in [0, 0.1) is 12.8 Å². The van der Waals surface area contributed by atoms with E-state index in [0.717, 1.165) is 23.2 Å². The number of aryl methyl sites for hydroxylation is 1. The van der Waals surface area contributed by atoms with Crippen molar-refractivity contribution in [3.63, 3.8) is 0 Å². The molecule has 5 rings (SSSR count). The van der Waals surface area contributed by atoms with Gasteiger partial charge in [0.1, 0.15) is 0 Å². The molecule has 6 heteroatoms. The molecule has 160 valence electrons. The van der Waals surface area contributed by atoms with Crippen molar-refractivity contribution in [3.8, 4) is 0 Å². The molecule has 0 bridgehead atoms. The number of hydrogen-bond donors (Lipinski definition) is 0. The number of imide groups is 1. The van der Waals surface area contributed by atoms with Gasteiger partial charge in [-0.25, -0.2) is 0 Å². The number of benzene rings is 2. The van der Waals surface area contributed by atoms with E-state index in [9.17, 15) is 14.4 Å². The molecule has 3 amide bonds. The van der Waals surface area contributed by atoms with E-state index in [2.05, 4.69) is 4.90 Å². The van der Waals surface area contributed by atoms with Crippen LogP contribution < -0.4 is 4.90 Å². The second-order valence-corrected chi connectivity index (χ2v) is 8.82. The van der Waals surface area contributed by atoms with Gasteiger partial charge in [-0.15, -0.1) is 0 Å². The first kappa shape index (κ1) is 19.8. The van der Waals surface area contributed by atoms with Gasteiger partial charge in [0.25, 0.3) is 17.7 Å². The summed E-state index contributed by atoms with van der Waals surface area (Å²) < 4.78 is 0. The third kappa shape index (κ3) is 3.71. The zero-order valence-corrected chi connectivity index (χ0v) is 17.8. The van der Waals surface area contributed by atoms with Crippen LogP contribution in [0.4, 0.5) is 5.69 Å². The van der Waals surface area contributed by atoms with E-state index < -0.39 is 0 Å². The molecule has 0 radical (unpaired) electrons. The lowest BCUT2D eigenvalue weighted by molar-refractivity contribution is 0.0649. The molecule has 2 heterocycles. The van der Waals surface area contributed by atoms with Gasteiger partial charge in [0, 0.05) is 44.0 Å². The summed E-state index contributed by atoms with van der Waals surface area (Å²) in [7, 11) is 0. The van der Waals surface area contributed by atoms with Crippen molar-refractivity contribution in [2.24, 2.45) is 5.92 Å². The van der Waals surface area contributed by atoms with E-state index in [4.69, 9.17) is 0 Å². The molecule has 31 heavy (non-hydrogen) atoms. The number of carbonyl (C=O) groups is 3. The highest BCUT2D eigenvalue weighted by molar-refractivity contribution is 6.21. The van der Waals surface area contributed by atoms with Gasteiger partial charge in [-0.3, -0.25) is 19.3 Å². The van der Waals surface area contributed by atoms with Gasteiger partial charge < -0.3 is 9.80 Å². The lowest BCUT2D eigenvalue weighted by Gasteiger charge is -2.36. The molecule has 3 aliphatic rings. The van der Waals surface area contributed by atoms with E-state index in [1.54, 1.807) is 6.07 Å². The van der Waals surface area contributed by atoms with Crippen LogP contribution in [0.5, 0.6) is 0 Å². The first-order valence-corrected chi connectivity index (χ1v) is 11.1. The summed E-state index contributed by atoms with van der Waals surface area (Å²) in [6.07, 6.45) is 3.34. The fourth-order valence-corrected chi connectivity index (χ4v) is 4.55. The summed E-state index contributed by atoms with van der Waals surface area (Å²) in [5.41, 5.74) is 3.70. The molecule has 0 aromatic heterocycles. The lowest BCUT2D eigenvalue weighted by Crippen LogP contribution is -2.49. The van der Waals surface area contributed by atoms with Crippen molar-refractivity contribution in [2.45, 2.75) is 26.2 Å². The number of rotatable bonds is 5. The maximum Gasteiger partial charge on any atom is 0.261 e. The zero-order valence-electron chi connectivity index (χ0n) is 17.8. The van der Waals surface area contributed by atoms with Crippen LogP contribution in [0.3, 0.4) is 0 Å². The molecule has 0 N–H and O–H groups in total. The molecular weight excluding hydrogens is 390 g/mol. The molecule has 0 spiro atoms. The lowest BCUT2D eigenvalue weighted by atomic mass is 10.1. The van der Waals surface area contributed by atoms with Gasteiger partial charge in [-0.05, 0) is 49.1 Å². The summed E-state index contributed by atoms with van der Waals surface area (Å²) in [5, 5.41) is 0. The first-order chi connectivity index (χ1) is 15.0. The van der Waals surface area contributed by atoms with Crippen molar-refractivity contribution in [1.82, 2.24) is 9.80 Å². The zero-order chi connectivity index (χ0) is 21.5. The number of amides is 3. The summed E-state index contributed by atoms with van der Waals surface area (Å²) >= 11 is 0. The average Bonchev–Trinajstić information content (AvgIpc) is 3.59. The molecule has 1 aliphatic carbocycles. The van der Waals surface area contributed by atoms with Crippen LogP contribution in [0.15, 0.2) is 42.5 Å². The van der Waals surface area contributed by atoms with Crippen LogP contribution >= 0.6 is 0 Å². The van der Waals surface area contributed by atoms with E-state index >= 15 is 0 Å². The summed E-state index contributed by atoms with van der Waals surface area (Å²) in [6.45, 7) is 5.13. The number of fused-ring (bicyclic) bond motifs is 1. The molecule has 2 aromatic rings. The highest BCUT2D eigenvalue weighted by Crippen LogP contribution is 2.34. The van der Waals surface area contributed by atoms with E-state index in [-0.39, 0.29) is 17.7 Å². The molecule has 0 atom stereocenters. The van der Waals surface area contributed by atoms with Crippen LogP contribution in [0.1, 0.15) is 55.9 Å². The monoisotopic (exact) mass is 417 g/mol. The third-order valence-electron chi connectivity index (χ3n) is 6.72. The topological polar surface area (TPSA) is 60.9 Å². The minimum Gasteiger partial charge on any atom is -0.368 e. The highest BCUT2D eigenvalue weighted by atomic mass is 16.2. The van der Waals surface area contributed by atoms with Crippen LogP contribution in [-0.4, -0.2) is 60.2 Å². The van der Waals surface area contributed by atoms with E-state index in [1.807, 2.05) is 48.2 Å². The second kappa shape index (κ2) is 7.84. The Morgan fingerprint density at radius 1 is 0.935 bits per heavy atom. The van der Waals surface area contributed by atoms with Crippen LogP contribution in [0.2, 0.25) is 0 Å². The van der Waals surface area contributed by atoms with Gasteiger partial charge in [-0.1, -0.05) is 31.0 Å². The van der Waals surface area contributed by atoms with E-state index in [0.29, 0.717) is 49.8 Å². The largest absolute Gasteiger partial charge is 0.368 e. The molecule has 6 nitrogen and oxygen atoms in total. The minimum atomic E-state index is -0.170. The Bertz CT molecular complexity index is 1050. The highest BCUT2D eigenvalue weighted by Gasteiger charge is 2.37. The Morgan fingerprint density at radius 2 is 1.65 bits per heavy atom. The Labute approximate surface area is 182 Å². The Balaban J connectivity index is 1.26. The molecule has 1 saturated carbocycles. The molecule has 1 saturated heterocycles. The molecular formula is C25H27N3O3. The van der Waals surface area contributed by atoms with Gasteiger partial charge >= 0.3 is 0 Å². The van der Waals surface area contributed by atoms with E-state index in [1.165, 1.54) is 17.7 Å². The van der Waals surface area contributed by atoms with Crippen molar-refractivity contribution in [2.75, 3.05) is 37.6 Å². The second-order valence-electron chi connectivity index (χ2n) is 8.82. The van der Waals surface area contributed by atoms with Crippen LogP contribution in [0.25, 0.3) is 0 Å². The molecule has 0 unspecified atom stereocenters. The maximum absolute atomic E-state index is 12.9. The van der Waals surface area contributed by atoms with Crippen molar-refractivity contribution < 1.29 is 14.4 Å². The Morgan fingerprint density at radius 3 is 2.35 bits per heavy atom. The SMILES string of the molecule is Cc1ccccc1C(=O)N1CCN(c2ccc3c(c2)C(=O)N(CCC2CC2)C3=O)CC1. The number of piperazine rings is 1. The predicted octanol–water partition coefficient (Wildman–Crippen LogP) is 3.35. The van der Waals surface area contributed by atoms with Gasteiger partial charge in [0.15, 0.2) is 0 Å². The molecule has 2 aromatic carbocycles. The third-order valence-corrected chi connectivity index (χ3v) is 6.72. The van der Waals surface area contributed by atoms with Gasteiger partial charge in [-0.2, -0.15) is 0 Å². The quantitative estimate of drug-likeness (QED) is 0.700.